The number of aromatic nitrogens is 4. The number of nitrogens with zero attached hydrogens (tertiary/aromatic N) is 5. The molecule has 1 fully saturated rings. The molecule has 27 heavy (non-hydrogen) atoms. The summed E-state index contributed by atoms with van der Waals surface area (Å²) in [6.45, 7) is 4.32. The normalized spacial score (nSPS) is 17.4. The smallest absolute Gasteiger partial charge is 0.233 e. The van der Waals surface area contributed by atoms with Gasteiger partial charge >= 0.3 is 0 Å². The molecule has 1 atom stereocenters. The van der Waals surface area contributed by atoms with Crippen molar-refractivity contribution in [2.45, 2.75) is 37.4 Å². The zero-order valence-corrected chi connectivity index (χ0v) is 16.7. The molecule has 1 unspecified atom stereocenters. The molecule has 142 valence electrons. The molecule has 9 heteroatoms. The Kier molecular flexibility index (Phi) is 5.58. The number of hydrogen-bond donors (Lipinski definition) is 0. The van der Waals surface area contributed by atoms with E-state index in [1.165, 1.54) is 11.8 Å². The van der Waals surface area contributed by atoms with Crippen molar-refractivity contribution in [2.75, 3.05) is 18.8 Å². The van der Waals surface area contributed by atoms with Gasteiger partial charge in [0, 0.05) is 37.1 Å². The van der Waals surface area contributed by atoms with Crippen molar-refractivity contribution in [1.82, 2.24) is 24.6 Å². The van der Waals surface area contributed by atoms with Crippen LogP contribution in [-0.4, -0.2) is 49.4 Å². The molecule has 0 saturated carbocycles. The summed E-state index contributed by atoms with van der Waals surface area (Å²) in [5.74, 6) is 2.24. The summed E-state index contributed by atoms with van der Waals surface area (Å²) in [7, 11) is 0. The Balaban J connectivity index is 1.39. The van der Waals surface area contributed by atoms with Gasteiger partial charge in [-0.15, -0.1) is 21.5 Å². The molecular formula is C18H21N5O2S2. The van der Waals surface area contributed by atoms with Crippen LogP contribution >= 0.6 is 23.1 Å². The lowest BCUT2D eigenvalue weighted by Gasteiger charge is -2.31. The van der Waals surface area contributed by atoms with E-state index in [4.69, 9.17) is 4.42 Å². The van der Waals surface area contributed by atoms with E-state index in [1.807, 2.05) is 40.1 Å². The van der Waals surface area contributed by atoms with E-state index in [1.54, 1.807) is 17.6 Å². The van der Waals surface area contributed by atoms with Gasteiger partial charge in [0.15, 0.2) is 16.7 Å². The number of rotatable bonds is 6. The molecule has 0 spiro atoms. The maximum absolute atomic E-state index is 12.7. The van der Waals surface area contributed by atoms with E-state index >= 15 is 0 Å². The minimum Gasteiger partial charge on any atom is -0.461 e. The van der Waals surface area contributed by atoms with E-state index < -0.39 is 0 Å². The second-order valence-electron chi connectivity index (χ2n) is 6.37. The minimum absolute atomic E-state index is 0.145. The number of thiazole rings is 1. The first-order valence-corrected chi connectivity index (χ1v) is 10.9. The second kappa shape index (κ2) is 8.26. The summed E-state index contributed by atoms with van der Waals surface area (Å²) < 4.78 is 7.41. The highest BCUT2D eigenvalue weighted by molar-refractivity contribution is 7.99. The van der Waals surface area contributed by atoms with Crippen molar-refractivity contribution in [2.24, 2.45) is 0 Å². The van der Waals surface area contributed by atoms with Gasteiger partial charge in [0.1, 0.15) is 0 Å². The van der Waals surface area contributed by atoms with Crippen molar-refractivity contribution in [3.8, 4) is 11.6 Å². The third kappa shape index (κ3) is 3.93. The standard InChI is InChI=1S/C18H21N5O2S2/c1-2-23-16(14-6-4-9-25-14)20-21-18(23)27-12-15(24)22-8-3-5-13(11-22)17-19-7-10-26-17/h4,6-7,9-10,13H,2-3,5,8,11-12H2,1H3. The summed E-state index contributed by atoms with van der Waals surface area (Å²) in [5.41, 5.74) is 0. The van der Waals surface area contributed by atoms with Crippen LogP contribution in [0.4, 0.5) is 0 Å². The number of carbonyl (C=O) groups is 1. The molecule has 4 heterocycles. The largest absolute Gasteiger partial charge is 0.461 e. The van der Waals surface area contributed by atoms with Gasteiger partial charge in [-0.3, -0.25) is 9.36 Å². The average molecular weight is 404 g/mol. The number of piperidine rings is 1. The lowest BCUT2D eigenvalue weighted by molar-refractivity contribution is -0.129. The van der Waals surface area contributed by atoms with Crippen LogP contribution in [0, 0.1) is 0 Å². The Labute approximate surface area is 165 Å². The van der Waals surface area contributed by atoms with Gasteiger partial charge in [-0.2, -0.15) is 0 Å². The van der Waals surface area contributed by atoms with Crippen LogP contribution < -0.4 is 0 Å². The third-order valence-electron chi connectivity index (χ3n) is 4.67. The van der Waals surface area contributed by atoms with Gasteiger partial charge in [-0.25, -0.2) is 4.98 Å². The van der Waals surface area contributed by atoms with Crippen molar-refractivity contribution in [3.05, 3.63) is 35.0 Å². The summed E-state index contributed by atoms with van der Waals surface area (Å²) in [6, 6.07) is 3.69. The molecule has 3 aromatic rings. The average Bonchev–Trinajstić information content (AvgIpc) is 3.47. The first-order valence-electron chi connectivity index (χ1n) is 9.03. The Hall–Kier alpha value is -2.13. The highest BCUT2D eigenvalue weighted by atomic mass is 32.2. The fraction of sp³-hybridized carbons (Fsp3) is 0.444. The molecule has 1 aliphatic heterocycles. The van der Waals surface area contributed by atoms with Crippen molar-refractivity contribution < 1.29 is 9.21 Å². The molecule has 0 aromatic carbocycles. The zero-order chi connectivity index (χ0) is 18.6. The number of hydrogen-bond acceptors (Lipinski definition) is 7. The minimum atomic E-state index is 0.145. The number of amides is 1. The maximum Gasteiger partial charge on any atom is 0.233 e. The Morgan fingerprint density at radius 2 is 2.37 bits per heavy atom. The molecule has 0 bridgehead atoms. The molecule has 1 amide bonds. The molecule has 1 saturated heterocycles. The fourth-order valence-corrected chi connectivity index (χ4v) is 5.00. The molecule has 0 N–H and O–H groups in total. The van der Waals surface area contributed by atoms with Gasteiger partial charge in [0.2, 0.25) is 5.91 Å². The molecule has 0 aliphatic carbocycles. The quantitative estimate of drug-likeness (QED) is 0.586. The van der Waals surface area contributed by atoms with Crippen LogP contribution in [0.3, 0.4) is 0 Å². The van der Waals surface area contributed by atoms with Crippen LogP contribution in [0.2, 0.25) is 0 Å². The summed E-state index contributed by atoms with van der Waals surface area (Å²) >= 11 is 3.11. The highest BCUT2D eigenvalue weighted by Crippen LogP contribution is 2.29. The summed E-state index contributed by atoms with van der Waals surface area (Å²) in [4.78, 5) is 19.1. The molecule has 4 rings (SSSR count). The van der Waals surface area contributed by atoms with Crippen molar-refractivity contribution in [3.63, 3.8) is 0 Å². The number of likely N-dealkylation sites (tertiary alicyclic amines) is 1. The van der Waals surface area contributed by atoms with E-state index in [-0.39, 0.29) is 5.91 Å². The lowest BCUT2D eigenvalue weighted by Crippen LogP contribution is -2.40. The topological polar surface area (TPSA) is 77.1 Å². The van der Waals surface area contributed by atoms with Gasteiger partial charge in [0.25, 0.3) is 0 Å². The molecule has 3 aromatic heterocycles. The van der Waals surface area contributed by atoms with E-state index in [0.29, 0.717) is 23.3 Å². The van der Waals surface area contributed by atoms with Crippen LogP contribution in [0.15, 0.2) is 39.5 Å². The van der Waals surface area contributed by atoms with Crippen molar-refractivity contribution >= 4 is 29.0 Å². The molecule has 1 aliphatic rings. The van der Waals surface area contributed by atoms with E-state index in [0.717, 1.165) is 42.6 Å². The van der Waals surface area contributed by atoms with Crippen LogP contribution in [-0.2, 0) is 11.3 Å². The molecule has 7 nitrogen and oxygen atoms in total. The Bertz CT molecular complexity index is 876. The van der Waals surface area contributed by atoms with Crippen molar-refractivity contribution in [1.29, 1.82) is 0 Å². The van der Waals surface area contributed by atoms with Gasteiger partial charge in [-0.05, 0) is 31.9 Å². The zero-order valence-electron chi connectivity index (χ0n) is 15.1. The summed E-state index contributed by atoms with van der Waals surface area (Å²) in [6.07, 6.45) is 5.58. The van der Waals surface area contributed by atoms with Gasteiger partial charge < -0.3 is 9.32 Å². The van der Waals surface area contributed by atoms with Gasteiger partial charge in [0.05, 0.1) is 17.0 Å². The van der Waals surface area contributed by atoms with Crippen LogP contribution in [0.5, 0.6) is 0 Å². The van der Waals surface area contributed by atoms with Crippen LogP contribution in [0.1, 0.15) is 30.7 Å². The van der Waals surface area contributed by atoms with E-state index in [9.17, 15) is 4.79 Å². The molecule has 0 radical (unpaired) electrons. The summed E-state index contributed by atoms with van der Waals surface area (Å²) in [5, 5.41) is 12.4. The maximum atomic E-state index is 12.7. The Morgan fingerprint density at radius 1 is 1.44 bits per heavy atom. The predicted octanol–water partition coefficient (Wildman–Crippen LogP) is 3.51. The highest BCUT2D eigenvalue weighted by Gasteiger charge is 2.26. The number of thioether (sulfide) groups is 1. The predicted molar refractivity (Wildman–Crippen MR) is 105 cm³/mol. The third-order valence-corrected chi connectivity index (χ3v) is 6.56. The fourth-order valence-electron chi connectivity index (χ4n) is 3.33. The van der Waals surface area contributed by atoms with Crippen LogP contribution in [0.25, 0.3) is 11.6 Å². The van der Waals surface area contributed by atoms with Gasteiger partial charge in [-0.1, -0.05) is 11.8 Å². The lowest BCUT2D eigenvalue weighted by atomic mass is 9.99. The SMILES string of the molecule is CCn1c(SCC(=O)N2CCCC(c3nccs3)C2)nnc1-c1ccco1. The van der Waals surface area contributed by atoms with E-state index in [2.05, 4.69) is 15.2 Å². The number of furan rings is 1. The second-order valence-corrected chi connectivity index (χ2v) is 8.23. The monoisotopic (exact) mass is 403 g/mol. The molecular weight excluding hydrogens is 382 g/mol. The first-order chi connectivity index (χ1) is 13.3. The first kappa shape index (κ1) is 18.2. The Morgan fingerprint density at radius 3 is 3.11 bits per heavy atom. The number of carbonyl (C=O) groups excluding carboxylic acids is 1.